The summed E-state index contributed by atoms with van der Waals surface area (Å²) >= 11 is 0. The Labute approximate surface area is 96.5 Å². The Hall–Kier alpha value is -1.10. The number of hydrogen-bond acceptors (Lipinski definition) is 5. The van der Waals surface area contributed by atoms with Crippen molar-refractivity contribution in [3.63, 3.8) is 0 Å². The predicted octanol–water partition coefficient (Wildman–Crippen LogP) is 0.871. The molecule has 0 heterocycles. The molecule has 0 spiro atoms. The van der Waals surface area contributed by atoms with Gasteiger partial charge in [-0.05, 0) is 27.7 Å². The van der Waals surface area contributed by atoms with Gasteiger partial charge >= 0.3 is 11.9 Å². The first-order valence-electron chi connectivity index (χ1n) is 5.43. The van der Waals surface area contributed by atoms with Gasteiger partial charge in [0, 0.05) is 6.54 Å². The Morgan fingerprint density at radius 1 is 1.19 bits per heavy atom. The smallest absolute Gasteiger partial charge is 0.319 e. The third-order valence-electron chi connectivity index (χ3n) is 1.50. The summed E-state index contributed by atoms with van der Waals surface area (Å²) < 4.78 is 9.81. The maximum Gasteiger partial charge on any atom is 0.319 e. The minimum absolute atomic E-state index is 0.122. The van der Waals surface area contributed by atoms with Crippen molar-refractivity contribution in [2.75, 3.05) is 19.7 Å². The highest BCUT2D eigenvalue weighted by Gasteiger charge is 2.15. The van der Waals surface area contributed by atoms with E-state index in [0.717, 1.165) is 0 Å². The van der Waals surface area contributed by atoms with Gasteiger partial charge in [-0.25, -0.2) is 0 Å². The monoisotopic (exact) mass is 231 g/mol. The third kappa shape index (κ3) is 9.45. The number of esters is 2. The van der Waals surface area contributed by atoms with E-state index in [1.165, 1.54) is 0 Å². The van der Waals surface area contributed by atoms with Crippen LogP contribution in [0.4, 0.5) is 0 Å². The van der Waals surface area contributed by atoms with Gasteiger partial charge in [-0.1, -0.05) is 0 Å². The minimum atomic E-state index is -0.460. The average molecular weight is 231 g/mol. The van der Waals surface area contributed by atoms with Gasteiger partial charge in [0.05, 0.1) is 19.6 Å². The summed E-state index contributed by atoms with van der Waals surface area (Å²) in [7, 11) is 0. The molecule has 0 unspecified atom stereocenters. The van der Waals surface area contributed by atoms with E-state index >= 15 is 0 Å². The first-order chi connectivity index (χ1) is 7.35. The van der Waals surface area contributed by atoms with Gasteiger partial charge < -0.3 is 14.8 Å². The largest absolute Gasteiger partial charge is 0.465 e. The fraction of sp³-hybridized carbons (Fsp3) is 0.818. The Balaban J connectivity index is 3.52. The topological polar surface area (TPSA) is 64.6 Å². The molecule has 1 N–H and O–H groups in total. The molecule has 0 bridgehead atoms. The van der Waals surface area contributed by atoms with Crippen molar-refractivity contribution in [3.8, 4) is 0 Å². The van der Waals surface area contributed by atoms with E-state index in [1.807, 2.05) is 20.8 Å². The number of rotatable bonds is 6. The molecule has 5 nitrogen and oxygen atoms in total. The van der Waals surface area contributed by atoms with Crippen molar-refractivity contribution in [2.24, 2.45) is 0 Å². The summed E-state index contributed by atoms with van der Waals surface area (Å²) in [6.07, 6.45) is 0.247. The van der Waals surface area contributed by atoms with Crippen LogP contribution in [0.25, 0.3) is 0 Å². The van der Waals surface area contributed by atoms with E-state index in [-0.39, 0.29) is 24.9 Å². The molecule has 94 valence electrons. The fourth-order valence-corrected chi connectivity index (χ4v) is 0.985. The normalized spacial score (nSPS) is 11.0. The molecule has 0 amide bonds. The molecule has 0 rings (SSSR count). The number of nitrogens with one attached hydrogen (secondary N) is 1. The first-order valence-corrected chi connectivity index (χ1v) is 5.43. The Morgan fingerprint density at radius 2 is 1.81 bits per heavy atom. The highest BCUT2D eigenvalue weighted by Crippen LogP contribution is 2.07. The summed E-state index contributed by atoms with van der Waals surface area (Å²) in [4.78, 5) is 22.2. The van der Waals surface area contributed by atoms with E-state index in [2.05, 4.69) is 5.32 Å². The van der Waals surface area contributed by atoms with E-state index in [9.17, 15) is 9.59 Å². The van der Waals surface area contributed by atoms with Gasteiger partial charge in [0.15, 0.2) is 0 Å². The lowest BCUT2D eigenvalue weighted by molar-refractivity contribution is -0.155. The first kappa shape index (κ1) is 14.9. The van der Waals surface area contributed by atoms with Gasteiger partial charge in [-0.3, -0.25) is 9.59 Å². The predicted molar refractivity (Wildman–Crippen MR) is 60.0 cm³/mol. The Kier molecular flexibility index (Phi) is 6.72. The van der Waals surface area contributed by atoms with E-state index in [0.29, 0.717) is 13.2 Å². The molecule has 0 atom stereocenters. The molecule has 0 aliphatic heterocycles. The van der Waals surface area contributed by atoms with Crippen molar-refractivity contribution in [2.45, 2.75) is 39.7 Å². The fourth-order valence-electron chi connectivity index (χ4n) is 0.985. The molecule has 16 heavy (non-hydrogen) atoms. The summed E-state index contributed by atoms with van der Waals surface area (Å²) in [5.74, 6) is -0.587. The molecular weight excluding hydrogens is 210 g/mol. The Bertz CT molecular complexity index is 233. The van der Waals surface area contributed by atoms with Crippen LogP contribution in [-0.4, -0.2) is 37.2 Å². The molecular formula is C11H21NO4. The van der Waals surface area contributed by atoms with Gasteiger partial charge in [0.25, 0.3) is 0 Å². The average Bonchev–Trinajstić information content (AvgIpc) is 2.10. The molecule has 0 saturated heterocycles. The van der Waals surface area contributed by atoms with E-state index < -0.39 is 5.60 Å². The number of carbonyl (C=O) groups excluding carboxylic acids is 2. The van der Waals surface area contributed by atoms with Crippen LogP contribution in [-0.2, 0) is 19.1 Å². The second-order valence-corrected chi connectivity index (χ2v) is 4.32. The summed E-state index contributed by atoms with van der Waals surface area (Å²) in [6.45, 7) is 8.10. The molecule has 0 fully saturated rings. The minimum Gasteiger partial charge on any atom is -0.465 e. The molecule has 0 aromatic carbocycles. The summed E-state index contributed by atoms with van der Waals surface area (Å²) in [5.41, 5.74) is -0.460. The molecule has 0 radical (unpaired) electrons. The molecule has 0 saturated carbocycles. The second-order valence-electron chi connectivity index (χ2n) is 4.32. The van der Waals surface area contributed by atoms with Crippen LogP contribution >= 0.6 is 0 Å². The standard InChI is InChI=1S/C11H21NO4/c1-5-15-10(14)8-12-7-6-9(13)16-11(2,3)4/h12H,5-8H2,1-4H3. The van der Waals surface area contributed by atoms with E-state index in [1.54, 1.807) is 6.92 Å². The quantitative estimate of drug-likeness (QED) is 0.543. The zero-order valence-electron chi connectivity index (χ0n) is 10.5. The Morgan fingerprint density at radius 3 is 2.31 bits per heavy atom. The van der Waals surface area contributed by atoms with E-state index in [4.69, 9.17) is 9.47 Å². The van der Waals surface area contributed by atoms with Crippen LogP contribution in [0.5, 0.6) is 0 Å². The summed E-state index contributed by atoms with van der Waals surface area (Å²) in [5, 5.41) is 2.81. The summed E-state index contributed by atoms with van der Waals surface area (Å²) in [6, 6.07) is 0. The molecule has 0 aromatic heterocycles. The van der Waals surface area contributed by atoms with Crippen LogP contribution in [0.2, 0.25) is 0 Å². The van der Waals surface area contributed by atoms with Crippen molar-refractivity contribution in [3.05, 3.63) is 0 Å². The molecule has 0 aromatic rings. The highest BCUT2D eigenvalue weighted by atomic mass is 16.6. The van der Waals surface area contributed by atoms with Crippen molar-refractivity contribution < 1.29 is 19.1 Å². The van der Waals surface area contributed by atoms with Crippen LogP contribution in [0.1, 0.15) is 34.1 Å². The van der Waals surface area contributed by atoms with Crippen LogP contribution in [0.3, 0.4) is 0 Å². The number of ether oxygens (including phenoxy) is 2. The maximum absolute atomic E-state index is 11.3. The van der Waals surface area contributed by atoms with Gasteiger partial charge in [0.2, 0.25) is 0 Å². The number of hydrogen-bond donors (Lipinski definition) is 1. The molecule has 0 aliphatic rings. The zero-order valence-corrected chi connectivity index (χ0v) is 10.5. The molecule has 0 aliphatic carbocycles. The molecule has 5 heteroatoms. The van der Waals surface area contributed by atoms with Gasteiger partial charge in [0.1, 0.15) is 5.60 Å². The van der Waals surface area contributed by atoms with Gasteiger partial charge in [-0.15, -0.1) is 0 Å². The zero-order chi connectivity index (χ0) is 12.6. The van der Waals surface area contributed by atoms with Crippen LogP contribution < -0.4 is 5.32 Å². The third-order valence-corrected chi connectivity index (χ3v) is 1.50. The van der Waals surface area contributed by atoms with Crippen LogP contribution in [0, 0.1) is 0 Å². The maximum atomic E-state index is 11.3. The van der Waals surface area contributed by atoms with Crippen LogP contribution in [0.15, 0.2) is 0 Å². The lowest BCUT2D eigenvalue weighted by Crippen LogP contribution is -2.29. The lowest BCUT2D eigenvalue weighted by Gasteiger charge is -2.19. The van der Waals surface area contributed by atoms with Gasteiger partial charge in [-0.2, -0.15) is 0 Å². The van der Waals surface area contributed by atoms with Crippen molar-refractivity contribution in [1.82, 2.24) is 5.32 Å². The SMILES string of the molecule is CCOC(=O)CNCCC(=O)OC(C)(C)C. The highest BCUT2D eigenvalue weighted by molar-refractivity contribution is 5.72. The number of carbonyl (C=O) groups is 2. The second kappa shape index (κ2) is 7.22. The lowest BCUT2D eigenvalue weighted by atomic mass is 10.2. The van der Waals surface area contributed by atoms with Crippen molar-refractivity contribution >= 4 is 11.9 Å². The van der Waals surface area contributed by atoms with Crippen molar-refractivity contribution in [1.29, 1.82) is 0 Å².